The number of pyridine rings is 1. The first-order valence-corrected chi connectivity index (χ1v) is 13.5. The number of nitrogens with one attached hydrogen (secondary N) is 2. The normalized spacial score (nSPS) is 13.8. The van der Waals surface area contributed by atoms with Crippen LogP contribution in [0, 0.1) is 0 Å². The second-order valence-electron chi connectivity index (χ2n) is 8.57. The van der Waals surface area contributed by atoms with E-state index >= 15 is 0 Å². The molecule has 13 heteroatoms. The Kier molecular flexibility index (Phi) is 7.09. The first kappa shape index (κ1) is 24.1. The maximum Gasteiger partial charge on any atom is 0.258 e. The molecule has 4 aromatic rings. The number of aryl methyl sites for hydroxylation is 1. The summed E-state index contributed by atoms with van der Waals surface area (Å²) < 4.78 is 32.9. The van der Waals surface area contributed by atoms with E-state index in [-0.39, 0.29) is 5.25 Å². The van der Waals surface area contributed by atoms with Gasteiger partial charge in [-0.1, -0.05) is 13.0 Å². The Morgan fingerprint density at radius 1 is 1.19 bits per heavy atom. The molecule has 0 amide bonds. The summed E-state index contributed by atoms with van der Waals surface area (Å²) >= 11 is 0. The van der Waals surface area contributed by atoms with Gasteiger partial charge in [-0.15, -0.1) is 9.19 Å². The lowest BCUT2D eigenvalue weighted by Gasteiger charge is -2.12. The molecule has 1 saturated carbocycles. The molecule has 1 fully saturated rings. The van der Waals surface area contributed by atoms with Gasteiger partial charge in [0.1, 0.15) is 18.0 Å². The predicted octanol–water partition coefficient (Wildman–Crippen LogP) is 1.90. The molecule has 0 aliphatic heterocycles. The molecule has 0 aromatic carbocycles. The first-order chi connectivity index (χ1) is 17.5. The molecule has 0 atom stereocenters. The number of hydrogen-bond acceptors (Lipinski definition) is 10. The maximum atomic E-state index is 12.2. The Morgan fingerprint density at radius 2 is 2.08 bits per heavy atom. The van der Waals surface area contributed by atoms with Crippen molar-refractivity contribution in [3.05, 3.63) is 60.1 Å². The summed E-state index contributed by atoms with van der Waals surface area (Å²) in [7, 11) is -3.38. The minimum Gasteiger partial charge on any atom is -0.379 e. The van der Waals surface area contributed by atoms with Crippen LogP contribution < -0.4 is 10.6 Å². The van der Waals surface area contributed by atoms with Crippen LogP contribution in [0.3, 0.4) is 0 Å². The zero-order valence-corrected chi connectivity index (χ0v) is 20.9. The van der Waals surface area contributed by atoms with Crippen LogP contribution in [0.5, 0.6) is 0 Å². The summed E-state index contributed by atoms with van der Waals surface area (Å²) in [5, 5.41) is 15.0. The molecular formula is C23H29N9O3S. The molecular weight excluding hydrogens is 482 g/mol. The summed E-state index contributed by atoms with van der Waals surface area (Å²) in [5.74, 6) is 2.01. The van der Waals surface area contributed by atoms with E-state index in [9.17, 15) is 8.42 Å². The van der Waals surface area contributed by atoms with E-state index in [2.05, 4.69) is 37.7 Å². The average Bonchev–Trinajstić information content (AvgIpc) is 3.51. The Hall–Kier alpha value is -3.58. The highest BCUT2D eigenvalue weighted by Gasteiger charge is 2.37. The molecule has 0 saturated heterocycles. The standard InChI is InChI=1S/C23H29N9O3S/c1-2-18-15-28-32-22(26-14-17-4-3-8-24-13-17)12-21(29-23(18)32)25-9-11-35-10-7-20-27-16-31(30-20)36(33,34)19-5-6-19/h3-4,8,12-13,15-16,19,26H,2,5-7,9-11,14H2,1H3,(H,25,29). The number of nitrogens with zero attached hydrogens (tertiary/aromatic N) is 7. The van der Waals surface area contributed by atoms with Crippen LogP contribution in [0.1, 0.15) is 36.7 Å². The Balaban J connectivity index is 1.14. The van der Waals surface area contributed by atoms with Crippen molar-refractivity contribution in [2.24, 2.45) is 0 Å². The molecule has 0 radical (unpaired) electrons. The number of aromatic nitrogens is 7. The third-order valence-electron chi connectivity index (χ3n) is 5.87. The van der Waals surface area contributed by atoms with Gasteiger partial charge in [-0.05, 0) is 30.9 Å². The van der Waals surface area contributed by atoms with E-state index in [1.54, 1.807) is 6.20 Å². The van der Waals surface area contributed by atoms with Gasteiger partial charge in [0, 0.05) is 43.5 Å². The molecule has 4 aromatic heterocycles. The fourth-order valence-electron chi connectivity index (χ4n) is 3.72. The molecule has 0 unspecified atom stereocenters. The summed E-state index contributed by atoms with van der Waals surface area (Å²) in [6, 6.07) is 5.85. The first-order valence-electron chi connectivity index (χ1n) is 12.0. The van der Waals surface area contributed by atoms with Gasteiger partial charge in [0.05, 0.1) is 24.7 Å². The number of ether oxygens (including phenoxy) is 1. The smallest absolute Gasteiger partial charge is 0.258 e. The van der Waals surface area contributed by atoms with Gasteiger partial charge in [0.15, 0.2) is 11.5 Å². The molecule has 190 valence electrons. The maximum absolute atomic E-state index is 12.2. The van der Waals surface area contributed by atoms with Crippen molar-refractivity contribution < 1.29 is 13.2 Å². The summed E-state index contributed by atoms with van der Waals surface area (Å²) in [5.41, 5.74) is 2.94. The fraction of sp³-hybridized carbons (Fsp3) is 0.435. The van der Waals surface area contributed by atoms with Crippen LogP contribution in [0.25, 0.3) is 5.65 Å². The van der Waals surface area contributed by atoms with E-state index in [0.717, 1.165) is 38.9 Å². The van der Waals surface area contributed by atoms with Crippen molar-refractivity contribution in [3.8, 4) is 0 Å². The molecule has 0 spiro atoms. The second-order valence-corrected chi connectivity index (χ2v) is 10.6. The molecule has 1 aliphatic carbocycles. The zero-order chi connectivity index (χ0) is 25.0. The minimum absolute atomic E-state index is 0.316. The van der Waals surface area contributed by atoms with Crippen LogP contribution in [0.2, 0.25) is 0 Å². The van der Waals surface area contributed by atoms with Gasteiger partial charge >= 0.3 is 0 Å². The van der Waals surface area contributed by atoms with Gasteiger partial charge in [-0.3, -0.25) is 4.98 Å². The van der Waals surface area contributed by atoms with Gasteiger partial charge in [0.25, 0.3) is 10.0 Å². The molecule has 2 N–H and O–H groups in total. The SMILES string of the molecule is CCc1cnn2c(NCc3cccnc3)cc(NCCOCCc3ncn(S(=O)(=O)C4CC4)n3)nc12. The number of rotatable bonds is 13. The Bertz CT molecular complexity index is 1420. The van der Waals surface area contributed by atoms with Gasteiger partial charge in [0.2, 0.25) is 0 Å². The van der Waals surface area contributed by atoms with Crippen molar-refractivity contribution in [3.63, 3.8) is 0 Å². The molecule has 4 heterocycles. The van der Waals surface area contributed by atoms with Crippen molar-refractivity contribution in [1.82, 2.24) is 33.8 Å². The molecule has 36 heavy (non-hydrogen) atoms. The summed E-state index contributed by atoms with van der Waals surface area (Å²) in [6.07, 6.45) is 9.35. The Morgan fingerprint density at radius 3 is 2.86 bits per heavy atom. The summed E-state index contributed by atoms with van der Waals surface area (Å²) in [4.78, 5) is 13.0. The zero-order valence-electron chi connectivity index (χ0n) is 20.0. The van der Waals surface area contributed by atoms with Crippen LogP contribution in [0.4, 0.5) is 11.6 Å². The largest absolute Gasteiger partial charge is 0.379 e. The topological polar surface area (TPSA) is 141 Å². The predicted molar refractivity (Wildman–Crippen MR) is 134 cm³/mol. The van der Waals surface area contributed by atoms with E-state index in [0.29, 0.717) is 51.4 Å². The Labute approximate surface area is 209 Å². The van der Waals surface area contributed by atoms with E-state index in [1.807, 2.05) is 35.1 Å². The fourth-order valence-corrected chi connectivity index (χ4v) is 5.15. The molecule has 1 aliphatic rings. The van der Waals surface area contributed by atoms with E-state index < -0.39 is 10.0 Å². The average molecular weight is 512 g/mol. The van der Waals surface area contributed by atoms with Crippen molar-refractivity contribution in [2.45, 2.75) is 44.4 Å². The van der Waals surface area contributed by atoms with Crippen LogP contribution in [0.15, 0.2) is 43.1 Å². The number of anilines is 2. The van der Waals surface area contributed by atoms with E-state index in [1.165, 1.54) is 6.33 Å². The highest BCUT2D eigenvalue weighted by Crippen LogP contribution is 2.29. The number of fused-ring (bicyclic) bond motifs is 1. The van der Waals surface area contributed by atoms with Crippen molar-refractivity contribution in [1.29, 1.82) is 0 Å². The molecule has 12 nitrogen and oxygen atoms in total. The third-order valence-corrected chi connectivity index (χ3v) is 7.88. The van der Waals surface area contributed by atoms with Gasteiger partial charge in [-0.25, -0.2) is 18.4 Å². The van der Waals surface area contributed by atoms with Crippen LogP contribution in [-0.4, -0.2) is 67.2 Å². The monoisotopic (exact) mass is 511 g/mol. The molecule has 5 rings (SSSR count). The summed E-state index contributed by atoms with van der Waals surface area (Å²) in [6.45, 7) is 4.09. The quantitative estimate of drug-likeness (QED) is 0.256. The highest BCUT2D eigenvalue weighted by molar-refractivity contribution is 7.90. The second kappa shape index (κ2) is 10.6. The van der Waals surface area contributed by atoms with E-state index in [4.69, 9.17) is 9.72 Å². The molecule has 0 bridgehead atoms. The van der Waals surface area contributed by atoms with Crippen molar-refractivity contribution in [2.75, 3.05) is 30.4 Å². The van der Waals surface area contributed by atoms with Crippen LogP contribution >= 0.6 is 0 Å². The van der Waals surface area contributed by atoms with Gasteiger partial charge in [-0.2, -0.15) is 9.61 Å². The lowest BCUT2D eigenvalue weighted by atomic mass is 10.2. The highest BCUT2D eigenvalue weighted by atomic mass is 32.2. The minimum atomic E-state index is -3.38. The lowest BCUT2D eigenvalue weighted by Crippen LogP contribution is -2.18. The van der Waals surface area contributed by atoms with Crippen molar-refractivity contribution >= 4 is 27.3 Å². The lowest BCUT2D eigenvalue weighted by molar-refractivity contribution is 0.146. The third kappa shape index (κ3) is 5.46. The van der Waals surface area contributed by atoms with Gasteiger partial charge < -0.3 is 15.4 Å². The number of hydrogen-bond donors (Lipinski definition) is 2. The van der Waals surface area contributed by atoms with Crippen LogP contribution in [-0.2, 0) is 34.1 Å².